The molecule has 4 aromatic rings. The Bertz CT molecular complexity index is 1250. The zero-order valence-electron chi connectivity index (χ0n) is 19.4. The van der Waals surface area contributed by atoms with E-state index in [1.807, 2.05) is 0 Å². The van der Waals surface area contributed by atoms with Gasteiger partial charge in [0, 0.05) is 0 Å². The van der Waals surface area contributed by atoms with Gasteiger partial charge in [0.2, 0.25) is 0 Å². The van der Waals surface area contributed by atoms with Crippen molar-refractivity contribution in [3.8, 4) is 11.1 Å². The van der Waals surface area contributed by atoms with Gasteiger partial charge in [-0.2, -0.15) is 0 Å². The number of rotatable bonds is 1. The van der Waals surface area contributed by atoms with E-state index < -0.39 is 0 Å². The minimum atomic E-state index is 1.32. The summed E-state index contributed by atoms with van der Waals surface area (Å²) in [4.78, 5) is 0. The molecule has 0 aliphatic heterocycles. The van der Waals surface area contributed by atoms with Crippen molar-refractivity contribution in [1.82, 2.24) is 0 Å². The highest BCUT2D eigenvalue weighted by molar-refractivity contribution is 6.73. The minimum absolute atomic E-state index is 1.32. The lowest BCUT2D eigenvalue weighted by atomic mass is 9.58. The fourth-order valence-electron chi connectivity index (χ4n) is 5.33. The first-order chi connectivity index (χ1) is 13.7. The van der Waals surface area contributed by atoms with E-state index in [1.165, 1.54) is 81.8 Å². The van der Waals surface area contributed by atoms with Crippen LogP contribution in [0.3, 0.4) is 0 Å². The lowest BCUT2D eigenvalue weighted by molar-refractivity contribution is 1.70. The summed E-state index contributed by atoms with van der Waals surface area (Å²) < 4.78 is 0. The summed E-state index contributed by atoms with van der Waals surface area (Å²) in [5.74, 6) is 0. The van der Waals surface area contributed by atoms with Crippen LogP contribution in [0.15, 0.2) is 30.3 Å². The van der Waals surface area contributed by atoms with Crippen molar-refractivity contribution in [1.29, 1.82) is 0 Å². The highest BCUT2D eigenvalue weighted by atomic mass is 14.2. The van der Waals surface area contributed by atoms with Crippen LogP contribution in [0.4, 0.5) is 0 Å². The molecule has 4 aromatic carbocycles. The van der Waals surface area contributed by atoms with Crippen LogP contribution in [0, 0.1) is 0 Å². The van der Waals surface area contributed by atoms with Crippen molar-refractivity contribution in [3.63, 3.8) is 0 Å². The molecule has 0 aromatic heterocycles. The fraction of sp³-hybridized carbons (Fsp3) is 0. The molecular formula is C20H23B9. The highest BCUT2D eigenvalue weighted by Crippen LogP contribution is 2.31. The quantitative estimate of drug-likeness (QED) is 0.234. The zero-order valence-corrected chi connectivity index (χ0v) is 19.4. The van der Waals surface area contributed by atoms with Crippen molar-refractivity contribution in [2.45, 2.75) is 0 Å². The molecule has 0 unspecified atom stereocenters. The van der Waals surface area contributed by atoms with Crippen molar-refractivity contribution in [2.75, 3.05) is 0 Å². The lowest BCUT2D eigenvalue weighted by Crippen LogP contribution is -2.51. The third-order valence-corrected chi connectivity index (χ3v) is 7.69. The molecule has 0 heterocycles. The monoisotopic (exact) mass is 362 g/mol. The molecule has 0 atom stereocenters. The largest absolute Gasteiger partial charge is 0.140 e. The van der Waals surface area contributed by atoms with Crippen LogP contribution in [0.25, 0.3) is 32.7 Å². The van der Waals surface area contributed by atoms with Gasteiger partial charge < -0.3 is 0 Å². The van der Waals surface area contributed by atoms with Gasteiger partial charge >= 0.3 is 0 Å². The minimum Gasteiger partial charge on any atom is -0.101 e. The highest BCUT2D eigenvalue weighted by Gasteiger charge is 2.21. The van der Waals surface area contributed by atoms with Crippen molar-refractivity contribution >= 4 is 141 Å². The summed E-state index contributed by atoms with van der Waals surface area (Å²) >= 11 is 0. The Morgan fingerprint density at radius 2 is 0.690 bits per heavy atom. The lowest BCUT2D eigenvalue weighted by Gasteiger charge is -2.27. The number of hydrogen-bond donors (Lipinski definition) is 0. The second kappa shape index (κ2) is 7.04. The third-order valence-electron chi connectivity index (χ3n) is 7.69. The zero-order chi connectivity index (χ0) is 21.2. The predicted octanol–water partition coefficient (Wildman–Crippen LogP) is -10.0. The van der Waals surface area contributed by atoms with Crippen molar-refractivity contribution in [3.05, 3.63) is 30.3 Å². The van der Waals surface area contributed by atoms with Crippen LogP contribution in [0.5, 0.6) is 0 Å². The molecule has 0 spiro atoms. The van der Waals surface area contributed by atoms with Gasteiger partial charge in [-0.15, -0.1) is 21.9 Å². The second-order valence-corrected chi connectivity index (χ2v) is 8.87. The molecule has 4 rings (SSSR count). The summed E-state index contributed by atoms with van der Waals surface area (Å²) in [6.45, 7) is 0. The number of benzene rings is 4. The number of hydrogen-bond acceptors (Lipinski definition) is 0. The Kier molecular flexibility index (Phi) is 4.92. The van der Waals surface area contributed by atoms with E-state index in [-0.39, 0.29) is 0 Å². The van der Waals surface area contributed by atoms with Crippen LogP contribution in [0.1, 0.15) is 0 Å². The van der Waals surface area contributed by atoms with E-state index in [0.717, 1.165) is 0 Å². The Balaban J connectivity index is 2.49. The maximum atomic E-state index is 2.34. The van der Waals surface area contributed by atoms with E-state index in [2.05, 4.69) is 101 Å². The molecule has 0 aliphatic carbocycles. The van der Waals surface area contributed by atoms with Crippen molar-refractivity contribution < 1.29 is 0 Å². The summed E-state index contributed by atoms with van der Waals surface area (Å²) in [6.07, 6.45) is 0. The Hall–Kier alpha value is -2.02. The van der Waals surface area contributed by atoms with E-state index in [4.69, 9.17) is 0 Å². The van der Waals surface area contributed by atoms with Gasteiger partial charge in [-0.1, -0.05) is 57.6 Å². The van der Waals surface area contributed by atoms with Gasteiger partial charge in [-0.25, -0.2) is 0 Å². The standard InChI is InChI=1S/C20H23B9/c21-12-10-8(13(22)17(26)19(28)15(10)24)7(6-4-2-1-3-5-6)9-11(12)16(25)20(29)18(27)14(9)23/h1-5H,21-29H2. The molecule has 0 nitrogen and oxygen atoms in total. The van der Waals surface area contributed by atoms with E-state index in [9.17, 15) is 0 Å². The maximum absolute atomic E-state index is 2.34. The van der Waals surface area contributed by atoms with Crippen LogP contribution < -0.4 is 49.2 Å². The molecule has 29 heavy (non-hydrogen) atoms. The summed E-state index contributed by atoms with van der Waals surface area (Å²) in [5, 5.41) is 5.77. The first-order valence-corrected chi connectivity index (χ1v) is 10.7. The van der Waals surface area contributed by atoms with Gasteiger partial charge in [0.1, 0.15) is 70.6 Å². The van der Waals surface area contributed by atoms with Crippen molar-refractivity contribution in [2.24, 2.45) is 0 Å². The molecular weight excluding hydrogens is 338 g/mol. The molecule has 0 amide bonds. The molecule has 9 heteroatoms. The first-order valence-electron chi connectivity index (χ1n) is 10.7. The summed E-state index contributed by atoms with van der Waals surface area (Å²) in [5.41, 5.74) is 15.5. The van der Waals surface area contributed by atoms with Gasteiger partial charge in [0.15, 0.2) is 0 Å². The Labute approximate surface area is 182 Å². The smallest absolute Gasteiger partial charge is 0.101 e. The Morgan fingerprint density at radius 3 is 1.07 bits per heavy atom. The fourth-order valence-corrected chi connectivity index (χ4v) is 5.33. The molecule has 130 valence electrons. The average Bonchev–Trinajstić information content (AvgIpc) is 2.72. The Morgan fingerprint density at radius 1 is 0.345 bits per heavy atom. The first kappa shape index (κ1) is 20.3. The normalized spacial score (nSPS) is 11.3. The average molecular weight is 361 g/mol. The molecule has 0 aliphatic rings. The molecule has 0 radical (unpaired) electrons. The van der Waals surface area contributed by atoms with Crippen LogP contribution in [0.2, 0.25) is 0 Å². The van der Waals surface area contributed by atoms with E-state index >= 15 is 0 Å². The van der Waals surface area contributed by atoms with E-state index in [0.29, 0.717) is 0 Å². The molecule has 0 fully saturated rings. The predicted molar refractivity (Wildman–Crippen MR) is 160 cm³/mol. The van der Waals surface area contributed by atoms with Gasteiger partial charge in [-0.3, -0.25) is 0 Å². The SMILES string of the molecule is Bc1c(B)c(B)c2c(-c3ccccc3)c3c(B)c(B)c(B)c(B)c3c(B)c2c1B. The maximum Gasteiger partial charge on any atom is 0.140 e. The second-order valence-electron chi connectivity index (χ2n) is 8.87. The van der Waals surface area contributed by atoms with Gasteiger partial charge in [-0.05, 0) is 32.7 Å². The van der Waals surface area contributed by atoms with Crippen LogP contribution in [-0.4, -0.2) is 70.6 Å². The molecule has 0 saturated carbocycles. The van der Waals surface area contributed by atoms with Crippen LogP contribution in [-0.2, 0) is 0 Å². The number of fused-ring (bicyclic) bond motifs is 2. The molecule has 0 saturated heterocycles. The molecule has 0 bridgehead atoms. The van der Waals surface area contributed by atoms with Crippen LogP contribution >= 0.6 is 0 Å². The van der Waals surface area contributed by atoms with E-state index in [1.54, 1.807) is 0 Å². The molecule has 0 N–H and O–H groups in total. The van der Waals surface area contributed by atoms with Gasteiger partial charge in [0.05, 0.1) is 0 Å². The summed E-state index contributed by atoms with van der Waals surface area (Å²) in [6, 6.07) is 11.0. The third kappa shape index (κ3) is 2.73. The summed E-state index contributed by atoms with van der Waals surface area (Å²) in [7, 11) is 20.7. The van der Waals surface area contributed by atoms with Gasteiger partial charge in [0.25, 0.3) is 0 Å². The topological polar surface area (TPSA) is 0 Å².